The van der Waals surface area contributed by atoms with Gasteiger partial charge in [0.15, 0.2) is 0 Å². The second-order valence-electron chi connectivity index (χ2n) is 9.43. The summed E-state index contributed by atoms with van der Waals surface area (Å²) in [6, 6.07) is 5.99. The molecule has 2 aliphatic rings. The van der Waals surface area contributed by atoms with Crippen molar-refractivity contribution in [2.45, 2.75) is 58.4 Å². The van der Waals surface area contributed by atoms with E-state index in [2.05, 4.69) is 48.9 Å². The number of hydrogen-bond acceptors (Lipinski definition) is 5. The molecule has 0 spiro atoms. The van der Waals surface area contributed by atoms with E-state index in [9.17, 15) is 4.79 Å². The number of hydrogen-bond donors (Lipinski definition) is 2. The second-order valence-corrected chi connectivity index (χ2v) is 9.43. The number of ether oxygens (including phenoxy) is 1. The van der Waals surface area contributed by atoms with Gasteiger partial charge in [-0.2, -0.15) is 0 Å². The predicted molar refractivity (Wildman–Crippen MR) is 150 cm³/mol. The third kappa shape index (κ3) is 6.64. The molecule has 0 aromatic heterocycles. The molecular formula is C30H40N4O2. The number of nitrogens with one attached hydrogen (secondary N) is 1. The fourth-order valence-corrected chi connectivity index (χ4v) is 4.62. The normalized spacial score (nSPS) is 21.3. The van der Waals surface area contributed by atoms with Crippen LogP contribution in [-0.4, -0.2) is 42.3 Å². The van der Waals surface area contributed by atoms with Crippen LogP contribution in [-0.2, 0) is 11.2 Å². The van der Waals surface area contributed by atoms with Crippen molar-refractivity contribution in [1.82, 2.24) is 10.2 Å². The van der Waals surface area contributed by atoms with Gasteiger partial charge >= 0.3 is 0 Å². The van der Waals surface area contributed by atoms with Gasteiger partial charge in [-0.25, -0.2) is 0 Å². The van der Waals surface area contributed by atoms with Crippen molar-refractivity contribution in [3.8, 4) is 5.75 Å². The minimum absolute atomic E-state index is 0.0150. The smallest absolute Gasteiger partial charge is 0.271 e. The van der Waals surface area contributed by atoms with E-state index in [0.29, 0.717) is 12.1 Å². The van der Waals surface area contributed by atoms with Crippen molar-refractivity contribution in [2.24, 2.45) is 10.7 Å². The highest BCUT2D eigenvalue weighted by molar-refractivity contribution is 6.05. The zero-order valence-electron chi connectivity index (χ0n) is 22.1. The Balaban J connectivity index is 1.74. The lowest BCUT2D eigenvalue weighted by atomic mass is 9.90. The summed E-state index contributed by atoms with van der Waals surface area (Å²) >= 11 is 0. The molecule has 0 saturated carbocycles. The van der Waals surface area contributed by atoms with E-state index >= 15 is 0 Å². The number of carbonyl (C=O) groups excluding carboxylic acids is 1. The minimum atomic E-state index is -0.330. The molecule has 1 fully saturated rings. The van der Waals surface area contributed by atoms with E-state index in [0.717, 1.165) is 54.2 Å². The van der Waals surface area contributed by atoms with Gasteiger partial charge in [-0.3, -0.25) is 14.7 Å². The van der Waals surface area contributed by atoms with Crippen molar-refractivity contribution in [1.29, 1.82) is 0 Å². The number of aryl methyl sites for hydroxylation is 1. The highest BCUT2D eigenvalue weighted by Crippen LogP contribution is 2.30. The van der Waals surface area contributed by atoms with Crippen molar-refractivity contribution in [2.75, 3.05) is 20.2 Å². The monoisotopic (exact) mass is 488 g/mol. The van der Waals surface area contributed by atoms with Gasteiger partial charge < -0.3 is 15.8 Å². The number of amides is 1. The number of aliphatic imine (C=N–C) groups is 1. The Morgan fingerprint density at radius 1 is 1.31 bits per heavy atom. The van der Waals surface area contributed by atoms with Crippen LogP contribution in [0.15, 0.2) is 77.6 Å². The molecule has 1 atom stereocenters. The molecule has 1 aliphatic carbocycles. The van der Waals surface area contributed by atoms with Gasteiger partial charge in [-0.15, -0.1) is 0 Å². The Morgan fingerprint density at radius 2 is 2.06 bits per heavy atom. The van der Waals surface area contributed by atoms with Crippen LogP contribution in [0.1, 0.15) is 57.6 Å². The van der Waals surface area contributed by atoms with Crippen molar-refractivity contribution >= 4 is 17.3 Å². The number of carbonyl (C=O) groups is 1. The number of rotatable bonds is 10. The number of nitrogens with two attached hydrogens (primary N) is 1. The molecule has 6 heteroatoms. The molecule has 3 rings (SSSR count). The maximum Gasteiger partial charge on any atom is 0.271 e. The summed E-state index contributed by atoms with van der Waals surface area (Å²) in [5.41, 5.74) is 10.6. The van der Waals surface area contributed by atoms with E-state index in [1.807, 2.05) is 31.2 Å². The lowest BCUT2D eigenvalue weighted by Crippen LogP contribution is -2.44. The molecule has 0 radical (unpaired) electrons. The largest absolute Gasteiger partial charge is 0.496 e. The topological polar surface area (TPSA) is 79.9 Å². The molecule has 1 aliphatic heterocycles. The van der Waals surface area contributed by atoms with Crippen molar-refractivity contribution in [3.63, 3.8) is 0 Å². The number of allylic oxidation sites excluding steroid dienone is 4. The first-order chi connectivity index (χ1) is 17.3. The van der Waals surface area contributed by atoms with Gasteiger partial charge in [-0.1, -0.05) is 38.7 Å². The Morgan fingerprint density at radius 3 is 2.64 bits per heavy atom. The molecule has 6 nitrogen and oxygen atoms in total. The van der Waals surface area contributed by atoms with Crippen LogP contribution in [0.4, 0.5) is 0 Å². The third-order valence-corrected chi connectivity index (χ3v) is 6.89. The van der Waals surface area contributed by atoms with E-state index in [1.54, 1.807) is 19.3 Å². The first kappa shape index (κ1) is 27.2. The highest BCUT2D eigenvalue weighted by Gasteiger charge is 2.32. The Kier molecular flexibility index (Phi) is 9.48. The average Bonchev–Trinajstić information content (AvgIpc) is 3.45. The van der Waals surface area contributed by atoms with Crippen molar-refractivity contribution in [3.05, 3.63) is 83.8 Å². The van der Waals surface area contributed by atoms with Crippen LogP contribution in [0, 0.1) is 0 Å². The van der Waals surface area contributed by atoms with E-state index in [-0.39, 0.29) is 17.1 Å². The zero-order valence-corrected chi connectivity index (χ0v) is 22.1. The van der Waals surface area contributed by atoms with Crippen LogP contribution in [0.5, 0.6) is 5.75 Å². The third-order valence-electron chi connectivity index (χ3n) is 6.89. The summed E-state index contributed by atoms with van der Waals surface area (Å²) < 4.78 is 5.45. The molecule has 1 saturated heterocycles. The number of methoxy groups -OCH3 is 1. The van der Waals surface area contributed by atoms with Crippen molar-refractivity contribution < 1.29 is 9.53 Å². The molecule has 1 aromatic rings. The maximum atomic E-state index is 12.8. The molecule has 1 heterocycles. The van der Waals surface area contributed by atoms with Gasteiger partial charge in [0.25, 0.3) is 5.91 Å². The van der Waals surface area contributed by atoms with Crippen LogP contribution >= 0.6 is 0 Å². The summed E-state index contributed by atoms with van der Waals surface area (Å²) in [6.45, 7) is 12.4. The summed E-state index contributed by atoms with van der Waals surface area (Å²) in [5.74, 6) is 0.523. The molecule has 36 heavy (non-hydrogen) atoms. The van der Waals surface area contributed by atoms with Crippen LogP contribution in [0.25, 0.3) is 5.70 Å². The number of likely N-dealkylation sites (tertiary alicyclic amines) is 1. The van der Waals surface area contributed by atoms with Gasteiger partial charge in [0.1, 0.15) is 5.75 Å². The van der Waals surface area contributed by atoms with Crippen LogP contribution in [0.2, 0.25) is 0 Å². The van der Waals surface area contributed by atoms with E-state index < -0.39 is 0 Å². The fourth-order valence-electron chi connectivity index (χ4n) is 4.62. The summed E-state index contributed by atoms with van der Waals surface area (Å²) in [5, 5.41) is 2.94. The summed E-state index contributed by atoms with van der Waals surface area (Å²) in [6.07, 6.45) is 16.3. The minimum Gasteiger partial charge on any atom is -0.496 e. The van der Waals surface area contributed by atoms with E-state index in [1.165, 1.54) is 12.8 Å². The first-order valence-electron chi connectivity index (χ1n) is 12.8. The Labute approximate surface area is 216 Å². The van der Waals surface area contributed by atoms with E-state index in [4.69, 9.17) is 15.5 Å². The van der Waals surface area contributed by atoms with Crippen LogP contribution in [0.3, 0.4) is 0 Å². The maximum absolute atomic E-state index is 12.8. The second kappa shape index (κ2) is 12.5. The van der Waals surface area contributed by atoms with Gasteiger partial charge in [0.2, 0.25) is 0 Å². The summed E-state index contributed by atoms with van der Waals surface area (Å²) in [7, 11) is 1.67. The molecule has 1 aromatic carbocycles. The van der Waals surface area contributed by atoms with Gasteiger partial charge in [0.05, 0.1) is 18.5 Å². The fraction of sp³-hybridized carbons (Fsp3) is 0.400. The lowest BCUT2D eigenvalue weighted by molar-refractivity contribution is -0.116. The van der Waals surface area contributed by atoms with Crippen LogP contribution < -0.4 is 15.8 Å². The standard InChI is InChI=1S/C30H40N4O2/c1-6-11-27(23-12-13-28(36-5)22(7-2)20-23)32-24(8-3)21-26(31)29(35)33-25-14-16-30(4,17-15-25)34-18-9-10-19-34/h6,11-16,20-21H,1,7-10,17-19,31H2,2-5H3,(H,33,35)/b26-21-,27-11-,32-24+. The van der Waals surface area contributed by atoms with Gasteiger partial charge in [-0.05, 0) is 94.1 Å². The molecule has 0 bridgehead atoms. The van der Waals surface area contributed by atoms with Gasteiger partial charge in [0, 0.05) is 22.5 Å². The SMILES string of the molecule is C=C\C=C(/N=C(/C=C(\N)C(=O)NC1=CCC(C)(N2CCCC2)C=C1)CC)c1ccc(OC)c(CC)c1. The zero-order chi connectivity index (χ0) is 26.1. The highest BCUT2D eigenvalue weighted by atomic mass is 16.5. The predicted octanol–water partition coefficient (Wildman–Crippen LogP) is 5.29. The summed E-state index contributed by atoms with van der Waals surface area (Å²) in [4.78, 5) is 20.2. The molecule has 1 amide bonds. The quantitative estimate of drug-likeness (QED) is 0.266. The number of nitrogens with zero attached hydrogens (tertiary/aromatic N) is 2. The molecule has 192 valence electrons. The molecular weight excluding hydrogens is 448 g/mol. The lowest BCUT2D eigenvalue weighted by Gasteiger charge is -2.37. The Bertz CT molecular complexity index is 1120. The molecule has 1 unspecified atom stereocenters. The average molecular weight is 489 g/mol. The Hall–Kier alpha value is -3.38. The number of benzene rings is 1. The molecule has 3 N–H and O–H groups in total. The first-order valence-corrected chi connectivity index (χ1v) is 12.8.